The number of nitrogens with zero attached hydrogens (tertiary/aromatic N) is 3. The molecule has 2 saturated heterocycles. The molecule has 2 heterocycles. The Morgan fingerprint density at radius 2 is 1.69 bits per heavy atom. The first-order valence-electron chi connectivity index (χ1n) is 11.7. The van der Waals surface area contributed by atoms with Crippen molar-refractivity contribution in [3.05, 3.63) is 59.0 Å². The molecule has 3 amide bonds. The van der Waals surface area contributed by atoms with Crippen LogP contribution in [0.1, 0.15) is 19.4 Å². The van der Waals surface area contributed by atoms with Crippen molar-refractivity contribution in [1.29, 1.82) is 0 Å². The predicted molar refractivity (Wildman–Crippen MR) is 137 cm³/mol. The molecule has 8 nitrogen and oxygen atoms in total. The number of rotatable bonds is 8. The number of carbonyl (C=O) groups is 3. The third-order valence-electron chi connectivity index (χ3n) is 5.80. The summed E-state index contributed by atoms with van der Waals surface area (Å²) >= 11 is 0.837. The Morgan fingerprint density at radius 3 is 2.37 bits per heavy atom. The van der Waals surface area contributed by atoms with Gasteiger partial charge in [0.2, 0.25) is 5.91 Å². The average molecular weight is 496 g/mol. The molecule has 184 valence electrons. The van der Waals surface area contributed by atoms with Crippen molar-refractivity contribution in [3.8, 4) is 11.5 Å². The van der Waals surface area contributed by atoms with Gasteiger partial charge in [0.05, 0.1) is 18.1 Å². The lowest BCUT2D eigenvalue weighted by atomic mass is 10.1. The molecule has 0 N–H and O–H groups in total. The Labute approximate surface area is 209 Å². The third-order valence-corrected chi connectivity index (χ3v) is 6.71. The van der Waals surface area contributed by atoms with Gasteiger partial charge in [-0.25, -0.2) is 0 Å². The van der Waals surface area contributed by atoms with Crippen LogP contribution >= 0.6 is 11.8 Å². The Morgan fingerprint density at radius 1 is 0.971 bits per heavy atom. The molecule has 0 saturated carbocycles. The summed E-state index contributed by atoms with van der Waals surface area (Å²) in [5, 5.41) is -0.443. The zero-order valence-electron chi connectivity index (χ0n) is 19.9. The maximum atomic E-state index is 13.0. The summed E-state index contributed by atoms with van der Waals surface area (Å²) in [7, 11) is 0. The molecule has 0 aliphatic carbocycles. The number of amides is 3. The van der Waals surface area contributed by atoms with Crippen molar-refractivity contribution < 1.29 is 23.9 Å². The van der Waals surface area contributed by atoms with Gasteiger partial charge in [0.25, 0.3) is 11.1 Å². The highest BCUT2D eigenvalue weighted by atomic mass is 32.2. The second-order valence-electron chi connectivity index (χ2n) is 8.04. The predicted octanol–water partition coefficient (Wildman–Crippen LogP) is 3.87. The number of ether oxygens (including phenoxy) is 2. The number of anilines is 1. The standard InChI is InChI=1S/C26H29N3O5S/c1-3-33-21-11-10-19(22(17-21)34-4-2)16-23-25(31)29(26(32)35-23)18-24(30)28-14-12-27(13-15-28)20-8-6-5-7-9-20/h5-11,16-17H,3-4,12-15,18H2,1-2H3/b23-16+. The topological polar surface area (TPSA) is 79.4 Å². The van der Waals surface area contributed by atoms with E-state index in [1.807, 2.05) is 44.2 Å². The van der Waals surface area contributed by atoms with Crippen LogP contribution in [-0.4, -0.2) is 72.8 Å². The van der Waals surface area contributed by atoms with Crippen molar-refractivity contribution in [2.45, 2.75) is 13.8 Å². The Hall–Kier alpha value is -3.46. The Kier molecular flexibility index (Phi) is 7.97. The fraction of sp³-hybridized carbons (Fsp3) is 0.346. The minimum atomic E-state index is -0.465. The number of piperazine rings is 1. The van der Waals surface area contributed by atoms with E-state index in [0.717, 1.165) is 22.3 Å². The lowest BCUT2D eigenvalue weighted by molar-refractivity contribution is -0.136. The lowest BCUT2D eigenvalue weighted by Gasteiger charge is -2.36. The number of hydrogen-bond donors (Lipinski definition) is 0. The van der Waals surface area contributed by atoms with Crippen LogP contribution in [0.3, 0.4) is 0 Å². The third kappa shape index (κ3) is 5.79. The zero-order chi connectivity index (χ0) is 24.8. The van der Waals surface area contributed by atoms with Gasteiger partial charge in [-0.15, -0.1) is 0 Å². The van der Waals surface area contributed by atoms with E-state index in [1.165, 1.54) is 0 Å². The van der Waals surface area contributed by atoms with Crippen molar-refractivity contribution in [3.63, 3.8) is 0 Å². The van der Waals surface area contributed by atoms with E-state index in [4.69, 9.17) is 9.47 Å². The number of hydrogen-bond acceptors (Lipinski definition) is 7. The normalized spacial score (nSPS) is 17.3. The summed E-state index contributed by atoms with van der Waals surface area (Å²) in [6, 6.07) is 15.4. The van der Waals surface area contributed by atoms with E-state index < -0.39 is 11.1 Å². The van der Waals surface area contributed by atoms with Crippen molar-refractivity contribution in [2.24, 2.45) is 0 Å². The molecule has 9 heteroatoms. The van der Waals surface area contributed by atoms with Crippen molar-refractivity contribution >= 4 is 40.6 Å². The summed E-state index contributed by atoms with van der Waals surface area (Å²) < 4.78 is 11.2. The van der Waals surface area contributed by atoms with Crippen molar-refractivity contribution in [2.75, 3.05) is 50.8 Å². The summed E-state index contributed by atoms with van der Waals surface area (Å²) in [6.07, 6.45) is 1.63. The van der Waals surface area contributed by atoms with E-state index in [1.54, 1.807) is 29.2 Å². The summed E-state index contributed by atoms with van der Waals surface area (Å²) in [5.41, 5.74) is 1.79. The minimum Gasteiger partial charge on any atom is -0.494 e. The Balaban J connectivity index is 1.40. The highest BCUT2D eigenvalue weighted by Crippen LogP contribution is 2.35. The number of para-hydroxylation sites is 1. The first kappa shape index (κ1) is 24.7. The van der Waals surface area contributed by atoms with Crippen LogP contribution < -0.4 is 14.4 Å². The van der Waals surface area contributed by atoms with Gasteiger partial charge in [0.1, 0.15) is 18.0 Å². The number of carbonyl (C=O) groups excluding carboxylic acids is 3. The number of thioether (sulfide) groups is 1. The molecule has 2 fully saturated rings. The Bertz CT molecular complexity index is 1110. The first-order valence-corrected chi connectivity index (χ1v) is 12.5. The molecule has 0 unspecified atom stereocenters. The minimum absolute atomic E-state index is 0.225. The number of imide groups is 1. The van der Waals surface area contributed by atoms with Gasteiger partial charge in [-0.1, -0.05) is 18.2 Å². The van der Waals surface area contributed by atoms with E-state index in [9.17, 15) is 14.4 Å². The van der Waals surface area contributed by atoms with Crippen LogP contribution in [0.15, 0.2) is 53.4 Å². The van der Waals surface area contributed by atoms with Crippen LogP contribution in [0, 0.1) is 0 Å². The summed E-state index contributed by atoms with van der Waals surface area (Å²) in [5.74, 6) is 0.543. The van der Waals surface area contributed by atoms with Crippen LogP contribution in [0.4, 0.5) is 10.5 Å². The highest BCUT2D eigenvalue weighted by molar-refractivity contribution is 8.18. The van der Waals surface area contributed by atoms with Gasteiger partial charge in [-0.3, -0.25) is 19.3 Å². The SMILES string of the molecule is CCOc1ccc(/C=C2/SC(=O)N(CC(=O)N3CCN(c4ccccc4)CC3)C2=O)c(OCC)c1. The van der Waals surface area contributed by atoms with Gasteiger partial charge >= 0.3 is 0 Å². The monoisotopic (exact) mass is 495 g/mol. The second kappa shape index (κ2) is 11.3. The molecular formula is C26H29N3O5S. The molecule has 2 aliphatic heterocycles. The maximum absolute atomic E-state index is 13.0. The van der Waals surface area contributed by atoms with Gasteiger partial charge in [0, 0.05) is 43.5 Å². The molecule has 4 rings (SSSR count). The average Bonchev–Trinajstić information content (AvgIpc) is 3.14. The zero-order valence-corrected chi connectivity index (χ0v) is 20.8. The molecule has 0 radical (unpaired) electrons. The number of benzene rings is 2. The van der Waals surface area contributed by atoms with E-state index in [2.05, 4.69) is 4.90 Å². The lowest BCUT2D eigenvalue weighted by Crippen LogP contribution is -2.51. The summed E-state index contributed by atoms with van der Waals surface area (Å²) in [6.45, 7) is 6.99. The molecule has 0 aromatic heterocycles. The van der Waals surface area contributed by atoms with Gasteiger partial charge in [-0.05, 0) is 56.0 Å². The molecule has 0 atom stereocenters. The quantitative estimate of drug-likeness (QED) is 0.515. The fourth-order valence-electron chi connectivity index (χ4n) is 4.04. The van der Waals surface area contributed by atoms with E-state index in [-0.39, 0.29) is 17.4 Å². The fourth-order valence-corrected chi connectivity index (χ4v) is 4.87. The molecule has 0 spiro atoms. The highest BCUT2D eigenvalue weighted by Gasteiger charge is 2.37. The van der Waals surface area contributed by atoms with Crippen LogP contribution in [0.25, 0.3) is 6.08 Å². The second-order valence-corrected chi connectivity index (χ2v) is 9.03. The smallest absolute Gasteiger partial charge is 0.294 e. The first-order chi connectivity index (χ1) is 17.0. The molecule has 2 aromatic rings. The summed E-state index contributed by atoms with van der Waals surface area (Å²) in [4.78, 5) is 43.7. The largest absolute Gasteiger partial charge is 0.494 e. The van der Waals surface area contributed by atoms with Gasteiger partial charge in [0.15, 0.2) is 0 Å². The van der Waals surface area contributed by atoms with Crippen LogP contribution in [-0.2, 0) is 9.59 Å². The van der Waals surface area contributed by atoms with Crippen LogP contribution in [0.2, 0.25) is 0 Å². The molecule has 0 bridgehead atoms. The molecule has 2 aliphatic rings. The van der Waals surface area contributed by atoms with Crippen LogP contribution in [0.5, 0.6) is 11.5 Å². The van der Waals surface area contributed by atoms with E-state index >= 15 is 0 Å². The van der Waals surface area contributed by atoms with E-state index in [0.29, 0.717) is 56.5 Å². The maximum Gasteiger partial charge on any atom is 0.294 e. The molecule has 35 heavy (non-hydrogen) atoms. The molecular weight excluding hydrogens is 466 g/mol. The van der Waals surface area contributed by atoms with Gasteiger partial charge in [-0.2, -0.15) is 0 Å². The molecule has 2 aromatic carbocycles. The van der Waals surface area contributed by atoms with Gasteiger partial charge < -0.3 is 19.3 Å². The van der Waals surface area contributed by atoms with Crippen molar-refractivity contribution in [1.82, 2.24) is 9.80 Å².